The number of amides is 2. The fraction of sp³-hybridized carbons (Fsp3) is 0.714. The Kier molecular flexibility index (Phi) is 6.73. The second-order valence-electron chi connectivity index (χ2n) is 5.85. The van der Waals surface area contributed by atoms with E-state index in [1.54, 1.807) is 0 Å². The van der Waals surface area contributed by atoms with Gasteiger partial charge < -0.3 is 14.3 Å². The molecule has 0 fully saturated rings. The number of aromatic nitrogens is 2. The minimum absolute atomic E-state index is 0.0169. The number of halogens is 3. The van der Waals surface area contributed by atoms with Gasteiger partial charge in [-0.2, -0.15) is 18.2 Å². The van der Waals surface area contributed by atoms with Gasteiger partial charge in [0.05, 0.1) is 0 Å². The van der Waals surface area contributed by atoms with Crippen molar-refractivity contribution in [2.24, 2.45) is 0 Å². The van der Waals surface area contributed by atoms with Gasteiger partial charge in [0.1, 0.15) is 13.1 Å². The molecule has 0 radical (unpaired) electrons. The first-order valence-electron chi connectivity index (χ1n) is 7.36. The summed E-state index contributed by atoms with van der Waals surface area (Å²) in [5.74, 6) is -0.706. The van der Waals surface area contributed by atoms with E-state index in [2.05, 4.69) is 10.1 Å². The Labute approximate surface area is 137 Å². The zero-order valence-electron chi connectivity index (χ0n) is 14.1. The first kappa shape index (κ1) is 19.9. The number of aryl methyl sites for hydroxylation is 1. The van der Waals surface area contributed by atoms with Gasteiger partial charge in [0.25, 0.3) is 0 Å². The summed E-state index contributed by atoms with van der Waals surface area (Å²) in [4.78, 5) is 29.4. The molecule has 24 heavy (non-hydrogen) atoms. The van der Waals surface area contributed by atoms with Crippen LogP contribution in [0.2, 0.25) is 0 Å². The maximum atomic E-state index is 12.6. The quantitative estimate of drug-likeness (QED) is 0.746. The first-order valence-corrected chi connectivity index (χ1v) is 7.36. The molecular formula is C14H21F3N4O3. The van der Waals surface area contributed by atoms with Gasteiger partial charge in [-0.1, -0.05) is 19.0 Å². The second kappa shape index (κ2) is 8.11. The monoisotopic (exact) mass is 350 g/mol. The maximum Gasteiger partial charge on any atom is 0.406 e. The van der Waals surface area contributed by atoms with Crippen molar-refractivity contribution in [1.82, 2.24) is 19.9 Å². The Hall–Kier alpha value is -2.13. The summed E-state index contributed by atoms with van der Waals surface area (Å²) in [6.07, 6.45) is -4.82. The van der Waals surface area contributed by atoms with Gasteiger partial charge in [-0.05, 0) is 0 Å². The van der Waals surface area contributed by atoms with Gasteiger partial charge in [0.2, 0.25) is 17.7 Å². The Balaban J connectivity index is 2.70. The number of rotatable bonds is 7. The van der Waals surface area contributed by atoms with Crippen LogP contribution in [0.3, 0.4) is 0 Å². The SMILES string of the molecule is CC(C)c1noc(CCC(=O)N(CC(=O)N(C)C)CC(F)(F)F)n1. The standard InChI is InChI=1S/C14H21F3N4O3/c1-9(2)13-18-10(24-19-13)5-6-11(22)21(8-14(15,16)17)7-12(23)20(3)4/h9H,5-8H2,1-4H3. The van der Waals surface area contributed by atoms with Crippen molar-refractivity contribution in [3.05, 3.63) is 11.7 Å². The van der Waals surface area contributed by atoms with Gasteiger partial charge in [-0.15, -0.1) is 0 Å². The molecule has 0 aliphatic heterocycles. The van der Waals surface area contributed by atoms with Crippen LogP contribution >= 0.6 is 0 Å². The van der Waals surface area contributed by atoms with Crippen LogP contribution in [0.15, 0.2) is 4.52 Å². The lowest BCUT2D eigenvalue weighted by molar-refractivity contribution is -0.164. The molecule has 136 valence electrons. The van der Waals surface area contributed by atoms with Gasteiger partial charge in [0.15, 0.2) is 5.82 Å². The van der Waals surface area contributed by atoms with E-state index in [0.717, 1.165) is 4.90 Å². The van der Waals surface area contributed by atoms with Crippen molar-refractivity contribution in [3.63, 3.8) is 0 Å². The van der Waals surface area contributed by atoms with Crippen LogP contribution in [0.25, 0.3) is 0 Å². The smallest absolute Gasteiger partial charge is 0.347 e. The highest BCUT2D eigenvalue weighted by Crippen LogP contribution is 2.18. The van der Waals surface area contributed by atoms with Crippen LogP contribution in [0, 0.1) is 0 Å². The van der Waals surface area contributed by atoms with E-state index in [-0.39, 0.29) is 24.7 Å². The van der Waals surface area contributed by atoms with Crippen molar-refractivity contribution < 1.29 is 27.3 Å². The van der Waals surface area contributed by atoms with Gasteiger partial charge in [-0.25, -0.2) is 0 Å². The maximum absolute atomic E-state index is 12.6. The average Bonchev–Trinajstić information content (AvgIpc) is 2.91. The second-order valence-corrected chi connectivity index (χ2v) is 5.85. The van der Waals surface area contributed by atoms with E-state index >= 15 is 0 Å². The van der Waals surface area contributed by atoms with E-state index in [4.69, 9.17) is 4.52 Å². The van der Waals surface area contributed by atoms with Gasteiger partial charge >= 0.3 is 6.18 Å². The third-order valence-corrected chi connectivity index (χ3v) is 3.10. The molecule has 0 aliphatic rings. The minimum atomic E-state index is -4.59. The highest BCUT2D eigenvalue weighted by atomic mass is 19.4. The first-order chi connectivity index (χ1) is 11.0. The average molecular weight is 350 g/mol. The number of carbonyl (C=O) groups is 2. The van der Waals surface area contributed by atoms with E-state index in [1.807, 2.05) is 13.8 Å². The van der Waals surface area contributed by atoms with E-state index < -0.39 is 31.1 Å². The third-order valence-electron chi connectivity index (χ3n) is 3.10. The Morgan fingerprint density at radius 3 is 2.29 bits per heavy atom. The topological polar surface area (TPSA) is 79.5 Å². The van der Waals surface area contributed by atoms with E-state index in [1.165, 1.54) is 14.1 Å². The molecule has 1 aromatic rings. The normalized spacial score (nSPS) is 11.7. The van der Waals surface area contributed by atoms with Crippen molar-refractivity contribution in [2.75, 3.05) is 27.2 Å². The van der Waals surface area contributed by atoms with Crippen LogP contribution in [0.4, 0.5) is 13.2 Å². The number of hydrogen-bond acceptors (Lipinski definition) is 5. The van der Waals surface area contributed by atoms with Crippen molar-refractivity contribution in [2.45, 2.75) is 38.8 Å². The number of likely N-dealkylation sites (N-methyl/N-ethyl adjacent to an activating group) is 1. The summed E-state index contributed by atoms with van der Waals surface area (Å²) in [6.45, 7) is 1.61. The molecule has 1 rings (SSSR count). The fourth-order valence-electron chi connectivity index (χ4n) is 1.73. The van der Waals surface area contributed by atoms with Crippen LogP contribution in [0.1, 0.15) is 37.9 Å². The molecule has 0 saturated carbocycles. The molecule has 0 unspecified atom stereocenters. The number of alkyl halides is 3. The number of nitrogens with zero attached hydrogens (tertiary/aromatic N) is 4. The Bertz CT molecular complexity index is 570. The van der Waals surface area contributed by atoms with Gasteiger partial charge in [0, 0.05) is 32.9 Å². The summed E-state index contributed by atoms with van der Waals surface area (Å²) >= 11 is 0. The third kappa shape index (κ3) is 6.55. The zero-order valence-corrected chi connectivity index (χ0v) is 14.1. The molecule has 0 spiro atoms. The van der Waals surface area contributed by atoms with Crippen LogP contribution in [0.5, 0.6) is 0 Å². The molecule has 1 aromatic heterocycles. The molecule has 0 atom stereocenters. The highest BCUT2D eigenvalue weighted by molar-refractivity contribution is 5.84. The summed E-state index contributed by atoms with van der Waals surface area (Å²) in [5, 5.41) is 3.72. The lowest BCUT2D eigenvalue weighted by atomic mass is 10.2. The van der Waals surface area contributed by atoms with Crippen LogP contribution in [-0.4, -0.2) is 65.1 Å². The van der Waals surface area contributed by atoms with Gasteiger partial charge in [-0.3, -0.25) is 9.59 Å². The molecule has 1 heterocycles. The lowest BCUT2D eigenvalue weighted by Gasteiger charge is -2.24. The number of carbonyl (C=O) groups excluding carboxylic acids is 2. The fourth-order valence-corrected chi connectivity index (χ4v) is 1.73. The predicted molar refractivity (Wildman–Crippen MR) is 78.0 cm³/mol. The molecule has 0 aromatic carbocycles. The summed E-state index contributed by atoms with van der Waals surface area (Å²) in [6, 6.07) is 0. The predicted octanol–water partition coefficient (Wildman–Crippen LogP) is 1.60. The Morgan fingerprint density at radius 1 is 1.21 bits per heavy atom. The summed E-state index contributed by atoms with van der Waals surface area (Å²) < 4.78 is 42.8. The van der Waals surface area contributed by atoms with Crippen LogP contribution in [-0.2, 0) is 16.0 Å². The molecule has 0 saturated heterocycles. The molecule has 0 bridgehead atoms. The lowest BCUT2D eigenvalue weighted by Crippen LogP contribution is -2.44. The minimum Gasteiger partial charge on any atom is -0.347 e. The van der Waals surface area contributed by atoms with E-state index in [9.17, 15) is 22.8 Å². The largest absolute Gasteiger partial charge is 0.406 e. The van der Waals surface area contributed by atoms with Crippen molar-refractivity contribution >= 4 is 11.8 Å². The highest BCUT2D eigenvalue weighted by Gasteiger charge is 2.34. The van der Waals surface area contributed by atoms with Crippen molar-refractivity contribution in [3.8, 4) is 0 Å². The number of hydrogen-bond donors (Lipinski definition) is 0. The zero-order chi connectivity index (χ0) is 18.5. The van der Waals surface area contributed by atoms with E-state index in [0.29, 0.717) is 10.7 Å². The van der Waals surface area contributed by atoms with Crippen LogP contribution < -0.4 is 0 Å². The molecule has 10 heteroatoms. The molecule has 0 N–H and O–H groups in total. The summed E-state index contributed by atoms with van der Waals surface area (Å²) in [7, 11) is 2.81. The summed E-state index contributed by atoms with van der Waals surface area (Å²) in [5.41, 5.74) is 0. The van der Waals surface area contributed by atoms with Crippen molar-refractivity contribution in [1.29, 1.82) is 0 Å². The molecule has 0 aliphatic carbocycles. The molecule has 2 amide bonds. The Morgan fingerprint density at radius 2 is 1.83 bits per heavy atom. The molecule has 7 nitrogen and oxygen atoms in total. The molecular weight excluding hydrogens is 329 g/mol.